The first kappa shape index (κ1) is 20.5. The number of nitrogens with one attached hydrogen (secondary N) is 1. The summed E-state index contributed by atoms with van der Waals surface area (Å²) in [6.07, 6.45) is 4.29. The van der Waals surface area contributed by atoms with E-state index < -0.39 is 6.61 Å². The van der Waals surface area contributed by atoms with Crippen molar-refractivity contribution in [3.8, 4) is 5.75 Å². The third-order valence-electron chi connectivity index (χ3n) is 4.73. The highest BCUT2D eigenvalue weighted by atomic mass is 19.3. The van der Waals surface area contributed by atoms with Crippen LogP contribution in [-0.2, 0) is 16.0 Å². The van der Waals surface area contributed by atoms with Crippen LogP contribution in [0.25, 0.3) is 6.08 Å². The number of amides is 2. The molecule has 3 rings (SSSR count). The van der Waals surface area contributed by atoms with Gasteiger partial charge in [-0.15, -0.1) is 0 Å². The Morgan fingerprint density at radius 2 is 1.86 bits per heavy atom. The molecule has 2 aromatic carbocycles. The lowest BCUT2D eigenvalue weighted by Crippen LogP contribution is -2.35. The molecule has 1 heterocycles. The van der Waals surface area contributed by atoms with Crippen LogP contribution in [0.2, 0.25) is 0 Å². The fourth-order valence-electron chi connectivity index (χ4n) is 3.34. The molecule has 0 radical (unpaired) electrons. The Morgan fingerprint density at radius 3 is 2.55 bits per heavy atom. The van der Waals surface area contributed by atoms with Crippen LogP contribution in [0.4, 0.5) is 8.78 Å². The van der Waals surface area contributed by atoms with Gasteiger partial charge in [-0.2, -0.15) is 8.78 Å². The highest BCUT2D eigenvalue weighted by molar-refractivity contribution is 5.81. The van der Waals surface area contributed by atoms with Crippen molar-refractivity contribution in [1.82, 2.24) is 10.2 Å². The lowest BCUT2D eigenvalue weighted by Gasteiger charge is -2.32. The third kappa shape index (κ3) is 5.40. The smallest absolute Gasteiger partial charge is 0.387 e. The van der Waals surface area contributed by atoms with Gasteiger partial charge in [0.2, 0.25) is 11.8 Å². The van der Waals surface area contributed by atoms with Gasteiger partial charge in [0.25, 0.3) is 0 Å². The molecule has 1 N–H and O–H groups in total. The number of benzene rings is 2. The van der Waals surface area contributed by atoms with E-state index in [4.69, 9.17) is 0 Å². The first-order chi connectivity index (χ1) is 13.9. The van der Waals surface area contributed by atoms with Crippen molar-refractivity contribution in [2.24, 2.45) is 0 Å². The number of hydrogen-bond donors (Lipinski definition) is 1. The average Bonchev–Trinajstić information content (AvgIpc) is 2.69. The molecule has 7 heteroatoms. The van der Waals surface area contributed by atoms with E-state index in [9.17, 15) is 18.4 Å². The molecule has 0 saturated carbocycles. The molecule has 0 bridgehead atoms. The Hall–Kier alpha value is -3.22. The van der Waals surface area contributed by atoms with Gasteiger partial charge < -0.3 is 15.0 Å². The number of carbonyl (C=O) groups is 2. The van der Waals surface area contributed by atoms with Crippen molar-refractivity contribution < 1.29 is 23.1 Å². The Bertz CT molecular complexity index is 897. The topological polar surface area (TPSA) is 58.6 Å². The molecule has 5 nitrogen and oxygen atoms in total. The summed E-state index contributed by atoms with van der Waals surface area (Å²) in [6, 6.07) is 13.7. The minimum Gasteiger partial charge on any atom is -0.435 e. The van der Waals surface area contributed by atoms with Gasteiger partial charge in [0.1, 0.15) is 5.75 Å². The predicted octanol–water partition coefficient (Wildman–Crippen LogP) is 3.91. The lowest BCUT2D eigenvalue weighted by atomic mass is 9.93. The lowest BCUT2D eigenvalue weighted by molar-refractivity contribution is -0.129. The second-order valence-corrected chi connectivity index (χ2v) is 6.71. The SMILES string of the molecule is CC(=O)N1C=Cc2ccccc2C1CC(=O)NCCc1ccc(OC(F)F)cc1. The Morgan fingerprint density at radius 1 is 1.14 bits per heavy atom. The van der Waals surface area contributed by atoms with Crippen LogP contribution in [0, 0.1) is 0 Å². The van der Waals surface area contributed by atoms with E-state index in [-0.39, 0.29) is 30.0 Å². The monoisotopic (exact) mass is 400 g/mol. The fourth-order valence-corrected chi connectivity index (χ4v) is 3.34. The summed E-state index contributed by atoms with van der Waals surface area (Å²) >= 11 is 0. The molecule has 1 atom stereocenters. The summed E-state index contributed by atoms with van der Waals surface area (Å²) in [7, 11) is 0. The maximum absolute atomic E-state index is 12.5. The molecule has 0 fully saturated rings. The normalized spacial score (nSPS) is 15.2. The summed E-state index contributed by atoms with van der Waals surface area (Å²) in [5, 5.41) is 2.86. The quantitative estimate of drug-likeness (QED) is 0.767. The molecular weight excluding hydrogens is 378 g/mol. The van der Waals surface area contributed by atoms with Crippen LogP contribution >= 0.6 is 0 Å². The van der Waals surface area contributed by atoms with Crippen molar-refractivity contribution in [3.05, 3.63) is 71.4 Å². The first-order valence-corrected chi connectivity index (χ1v) is 9.30. The molecular formula is C22H22F2N2O3. The number of halogens is 2. The molecule has 0 spiro atoms. The Balaban J connectivity index is 1.55. The number of alkyl halides is 2. The minimum atomic E-state index is -2.85. The van der Waals surface area contributed by atoms with E-state index >= 15 is 0 Å². The Labute approximate surface area is 168 Å². The molecule has 0 aliphatic carbocycles. The van der Waals surface area contributed by atoms with Crippen molar-refractivity contribution in [2.45, 2.75) is 32.4 Å². The zero-order valence-corrected chi connectivity index (χ0v) is 16.0. The maximum atomic E-state index is 12.5. The van der Waals surface area contributed by atoms with Gasteiger partial charge in [0, 0.05) is 19.7 Å². The van der Waals surface area contributed by atoms with Crippen LogP contribution in [0.5, 0.6) is 5.75 Å². The molecule has 1 aliphatic rings. The predicted molar refractivity (Wildman–Crippen MR) is 105 cm³/mol. The zero-order chi connectivity index (χ0) is 20.8. The second-order valence-electron chi connectivity index (χ2n) is 6.71. The number of rotatable bonds is 7. The van der Waals surface area contributed by atoms with Crippen molar-refractivity contribution in [1.29, 1.82) is 0 Å². The van der Waals surface area contributed by atoms with E-state index in [1.807, 2.05) is 30.3 Å². The third-order valence-corrected chi connectivity index (χ3v) is 4.73. The number of fused-ring (bicyclic) bond motifs is 1. The van der Waals surface area contributed by atoms with E-state index in [0.717, 1.165) is 16.7 Å². The van der Waals surface area contributed by atoms with Crippen LogP contribution < -0.4 is 10.1 Å². The molecule has 29 heavy (non-hydrogen) atoms. The van der Waals surface area contributed by atoms with Crippen molar-refractivity contribution in [2.75, 3.05) is 6.54 Å². The van der Waals surface area contributed by atoms with Gasteiger partial charge in [-0.3, -0.25) is 9.59 Å². The van der Waals surface area contributed by atoms with Gasteiger partial charge in [-0.1, -0.05) is 36.4 Å². The van der Waals surface area contributed by atoms with Crippen LogP contribution in [0.1, 0.15) is 36.1 Å². The van der Waals surface area contributed by atoms with Crippen LogP contribution in [-0.4, -0.2) is 29.9 Å². The molecule has 2 aromatic rings. The number of nitrogens with zero attached hydrogens (tertiary/aromatic N) is 1. The van der Waals surface area contributed by atoms with Crippen LogP contribution in [0.15, 0.2) is 54.7 Å². The van der Waals surface area contributed by atoms with E-state index in [1.54, 1.807) is 23.2 Å². The van der Waals surface area contributed by atoms with Crippen LogP contribution in [0.3, 0.4) is 0 Å². The van der Waals surface area contributed by atoms with Gasteiger partial charge in [0.15, 0.2) is 0 Å². The molecule has 152 valence electrons. The Kier molecular flexibility index (Phi) is 6.59. The summed E-state index contributed by atoms with van der Waals surface area (Å²) in [4.78, 5) is 26.0. The number of ether oxygens (including phenoxy) is 1. The summed E-state index contributed by atoms with van der Waals surface area (Å²) in [6.45, 7) is -0.975. The molecule has 1 unspecified atom stereocenters. The maximum Gasteiger partial charge on any atom is 0.387 e. The summed E-state index contributed by atoms with van der Waals surface area (Å²) in [5.41, 5.74) is 2.83. The molecule has 2 amide bonds. The molecule has 0 aromatic heterocycles. The fraction of sp³-hybridized carbons (Fsp3) is 0.273. The highest BCUT2D eigenvalue weighted by Crippen LogP contribution is 2.32. The van der Waals surface area contributed by atoms with E-state index in [0.29, 0.717) is 13.0 Å². The molecule has 1 aliphatic heterocycles. The minimum absolute atomic E-state index is 0.0983. The van der Waals surface area contributed by atoms with Gasteiger partial charge >= 0.3 is 6.61 Å². The second kappa shape index (κ2) is 9.32. The number of hydrogen-bond acceptors (Lipinski definition) is 3. The van der Waals surface area contributed by atoms with Gasteiger partial charge in [-0.25, -0.2) is 0 Å². The van der Waals surface area contributed by atoms with E-state index in [1.165, 1.54) is 19.1 Å². The van der Waals surface area contributed by atoms with Gasteiger partial charge in [-0.05, 0) is 41.3 Å². The first-order valence-electron chi connectivity index (χ1n) is 9.30. The van der Waals surface area contributed by atoms with Crippen molar-refractivity contribution in [3.63, 3.8) is 0 Å². The molecule has 0 saturated heterocycles. The summed E-state index contributed by atoms with van der Waals surface area (Å²) < 4.78 is 28.7. The highest BCUT2D eigenvalue weighted by Gasteiger charge is 2.27. The standard InChI is InChI=1S/C22H22F2N2O3/c1-15(27)26-13-11-17-4-2-3-5-19(17)20(26)14-21(28)25-12-10-16-6-8-18(9-7-16)29-22(23)24/h2-9,11,13,20,22H,10,12,14H2,1H3,(H,25,28). The van der Waals surface area contributed by atoms with E-state index in [2.05, 4.69) is 10.1 Å². The van der Waals surface area contributed by atoms with Gasteiger partial charge in [0.05, 0.1) is 12.5 Å². The zero-order valence-electron chi connectivity index (χ0n) is 16.0. The average molecular weight is 400 g/mol. The van der Waals surface area contributed by atoms with Crippen molar-refractivity contribution >= 4 is 17.9 Å². The number of carbonyl (C=O) groups excluding carboxylic acids is 2. The summed E-state index contributed by atoms with van der Waals surface area (Å²) in [5.74, 6) is -0.190. The largest absolute Gasteiger partial charge is 0.435 e.